The molecule has 0 bridgehead atoms. The Morgan fingerprint density at radius 2 is 2.16 bits per heavy atom. The quantitative estimate of drug-likeness (QED) is 0.877. The Hall–Kier alpha value is -1.20. The maximum atomic E-state index is 13.5. The van der Waals surface area contributed by atoms with Gasteiger partial charge in [0.15, 0.2) is 11.6 Å². The van der Waals surface area contributed by atoms with Gasteiger partial charge in [-0.2, -0.15) is 0 Å². The van der Waals surface area contributed by atoms with Crippen molar-refractivity contribution in [2.45, 2.75) is 31.8 Å². The fourth-order valence-corrected chi connectivity index (χ4v) is 2.17. The molecule has 2 rings (SSSR count). The molecule has 2 N–H and O–H groups in total. The Kier molecular flexibility index (Phi) is 5.69. The van der Waals surface area contributed by atoms with Gasteiger partial charge in [-0.15, -0.1) is 12.4 Å². The Morgan fingerprint density at radius 1 is 1.42 bits per heavy atom. The zero-order chi connectivity index (χ0) is 13.1. The predicted molar refractivity (Wildman–Crippen MR) is 71.6 cm³/mol. The average molecular weight is 291 g/mol. The molecule has 1 heterocycles. The van der Waals surface area contributed by atoms with Crippen molar-refractivity contribution in [3.05, 3.63) is 35.4 Å². The maximum Gasteiger partial charge on any atom is 0.254 e. The van der Waals surface area contributed by atoms with E-state index in [2.05, 4.69) is 10.6 Å². The van der Waals surface area contributed by atoms with Gasteiger partial charge in [-0.25, -0.2) is 8.78 Å². The molecule has 3 nitrogen and oxygen atoms in total. The van der Waals surface area contributed by atoms with E-state index in [4.69, 9.17) is 0 Å². The van der Waals surface area contributed by atoms with Crippen molar-refractivity contribution in [3.8, 4) is 0 Å². The third-order valence-electron chi connectivity index (χ3n) is 3.27. The first-order valence-corrected chi connectivity index (χ1v) is 6.08. The number of hydrogen-bond donors (Lipinski definition) is 2. The molecule has 1 fully saturated rings. The van der Waals surface area contributed by atoms with Gasteiger partial charge in [-0.3, -0.25) is 4.79 Å². The molecule has 19 heavy (non-hydrogen) atoms. The van der Waals surface area contributed by atoms with Gasteiger partial charge < -0.3 is 10.6 Å². The highest BCUT2D eigenvalue weighted by atomic mass is 35.5. The SMILES string of the molecule is CC1NCCCC1NC(=O)c1cccc(F)c1F.Cl. The van der Waals surface area contributed by atoms with Crippen molar-refractivity contribution >= 4 is 18.3 Å². The summed E-state index contributed by atoms with van der Waals surface area (Å²) in [7, 11) is 0. The Morgan fingerprint density at radius 3 is 2.84 bits per heavy atom. The monoisotopic (exact) mass is 290 g/mol. The van der Waals surface area contributed by atoms with E-state index >= 15 is 0 Å². The molecule has 2 atom stereocenters. The summed E-state index contributed by atoms with van der Waals surface area (Å²) in [5, 5.41) is 5.98. The fraction of sp³-hybridized carbons (Fsp3) is 0.462. The smallest absolute Gasteiger partial charge is 0.254 e. The van der Waals surface area contributed by atoms with Crippen LogP contribution < -0.4 is 10.6 Å². The summed E-state index contributed by atoms with van der Waals surface area (Å²) in [6.07, 6.45) is 1.80. The lowest BCUT2D eigenvalue weighted by molar-refractivity contribution is 0.0914. The van der Waals surface area contributed by atoms with Crippen molar-refractivity contribution in [2.24, 2.45) is 0 Å². The molecule has 0 spiro atoms. The van der Waals surface area contributed by atoms with Crippen LogP contribution in [0.5, 0.6) is 0 Å². The molecule has 1 saturated heterocycles. The summed E-state index contributed by atoms with van der Waals surface area (Å²) < 4.78 is 26.5. The predicted octanol–water partition coefficient (Wildman–Crippen LogP) is 2.26. The molecule has 0 radical (unpaired) electrons. The van der Waals surface area contributed by atoms with Gasteiger partial charge >= 0.3 is 0 Å². The van der Waals surface area contributed by atoms with Crippen LogP contribution in [0, 0.1) is 11.6 Å². The zero-order valence-corrected chi connectivity index (χ0v) is 11.4. The van der Waals surface area contributed by atoms with Crippen LogP contribution in [-0.4, -0.2) is 24.5 Å². The summed E-state index contributed by atoms with van der Waals surface area (Å²) in [6.45, 7) is 2.88. The van der Waals surface area contributed by atoms with Crippen molar-refractivity contribution in [2.75, 3.05) is 6.54 Å². The summed E-state index contributed by atoms with van der Waals surface area (Å²) in [6, 6.07) is 3.70. The lowest BCUT2D eigenvalue weighted by atomic mass is 9.99. The number of piperidine rings is 1. The highest BCUT2D eigenvalue weighted by Crippen LogP contribution is 2.13. The minimum absolute atomic E-state index is 0. The number of halogens is 3. The lowest BCUT2D eigenvalue weighted by Crippen LogP contribution is -2.52. The van der Waals surface area contributed by atoms with E-state index in [1.165, 1.54) is 12.1 Å². The molecule has 1 aromatic rings. The molecule has 0 aromatic heterocycles. The fourth-order valence-electron chi connectivity index (χ4n) is 2.17. The van der Waals surface area contributed by atoms with Crippen molar-refractivity contribution in [1.29, 1.82) is 0 Å². The highest BCUT2D eigenvalue weighted by Gasteiger charge is 2.24. The van der Waals surface area contributed by atoms with Gasteiger partial charge in [0.1, 0.15) is 0 Å². The first-order valence-electron chi connectivity index (χ1n) is 6.08. The van der Waals surface area contributed by atoms with Crippen LogP contribution in [-0.2, 0) is 0 Å². The second-order valence-electron chi connectivity index (χ2n) is 4.57. The van der Waals surface area contributed by atoms with E-state index in [9.17, 15) is 13.6 Å². The van der Waals surface area contributed by atoms with Crippen LogP contribution in [0.3, 0.4) is 0 Å². The molecule has 2 unspecified atom stereocenters. The molecular formula is C13H17ClF2N2O. The van der Waals surface area contributed by atoms with Gasteiger partial charge in [0.25, 0.3) is 5.91 Å². The number of nitrogens with one attached hydrogen (secondary N) is 2. The number of rotatable bonds is 2. The van der Waals surface area contributed by atoms with E-state index in [0.29, 0.717) is 0 Å². The van der Waals surface area contributed by atoms with Crippen LogP contribution >= 0.6 is 12.4 Å². The van der Waals surface area contributed by atoms with Gasteiger partial charge in [0, 0.05) is 12.1 Å². The van der Waals surface area contributed by atoms with Gasteiger partial charge in [0.2, 0.25) is 0 Å². The van der Waals surface area contributed by atoms with Gasteiger partial charge in [-0.1, -0.05) is 6.07 Å². The molecule has 1 aliphatic heterocycles. The van der Waals surface area contributed by atoms with Crippen LogP contribution in [0.15, 0.2) is 18.2 Å². The normalized spacial score (nSPS) is 22.5. The maximum absolute atomic E-state index is 13.5. The van der Waals surface area contributed by atoms with E-state index in [1.807, 2.05) is 6.92 Å². The van der Waals surface area contributed by atoms with Gasteiger partial charge in [0.05, 0.1) is 5.56 Å². The molecule has 0 aliphatic carbocycles. The third kappa shape index (κ3) is 3.64. The lowest BCUT2D eigenvalue weighted by Gasteiger charge is -2.30. The molecule has 1 aliphatic rings. The topological polar surface area (TPSA) is 41.1 Å². The number of hydrogen-bond acceptors (Lipinski definition) is 2. The first kappa shape index (κ1) is 15.9. The molecule has 6 heteroatoms. The summed E-state index contributed by atoms with van der Waals surface area (Å²) >= 11 is 0. The standard InChI is InChI=1S/C13H16F2N2O.ClH/c1-8-11(6-3-7-16-8)17-13(18)9-4-2-5-10(14)12(9)15;/h2,4-5,8,11,16H,3,6-7H2,1H3,(H,17,18);1H. The van der Waals surface area contributed by atoms with Crippen LogP contribution in [0.4, 0.5) is 8.78 Å². The minimum Gasteiger partial charge on any atom is -0.348 e. The van der Waals surface area contributed by atoms with Gasteiger partial charge in [-0.05, 0) is 38.4 Å². The van der Waals surface area contributed by atoms with Crippen LogP contribution in [0.2, 0.25) is 0 Å². The average Bonchev–Trinajstić information content (AvgIpc) is 2.35. The minimum atomic E-state index is -1.09. The first-order chi connectivity index (χ1) is 8.59. The van der Waals surface area contributed by atoms with Crippen molar-refractivity contribution < 1.29 is 13.6 Å². The Balaban J connectivity index is 0.00000180. The van der Waals surface area contributed by atoms with Crippen LogP contribution in [0.1, 0.15) is 30.1 Å². The number of carbonyl (C=O) groups excluding carboxylic acids is 1. The second kappa shape index (κ2) is 6.82. The van der Waals surface area contributed by atoms with Crippen molar-refractivity contribution in [3.63, 3.8) is 0 Å². The highest BCUT2D eigenvalue weighted by molar-refractivity contribution is 5.94. The second-order valence-corrected chi connectivity index (χ2v) is 4.57. The molecule has 1 aromatic carbocycles. The largest absolute Gasteiger partial charge is 0.348 e. The zero-order valence-electron chi connectivity index (χ0n) is 10.6. The van der Waals surface area contributed by atoms with E-state index < -0.39 is 17.5 Å². The Labute approximate surface area is 117 Å². The number of amides is 1. The molecule has 0 saturated carbocycles. The summed E-state index contributed by atoms with van der Waals surface area (Å²) in [5.74, 6) is -2.66. The molecule has 1 amide bonds. The number of carbonyl (C=O) groups is 1. The van der Waals surface area contributed by atoms with Crippen molar-refractivity contribution in [1.82, 2.24) is 10.6 Å². The van der Waals surface area contributed by atoms with Crippen LogP contribution in [0.25, 0.3) is 0 Å². The molecule has 106 valence electrons. The van der Waals surface area contributed by atoms with E-state index in [1.54, 1.807) is 0 Å². The summed E-state index contributed by atoms with van der Waals surface area (Å²) in [4.78, 5) is 11.9. The Bertz CT molecular complexity index is 456. The third-order valence-corrected chi connectivity index (χ3v) is 3.27. The van der Waals surface area contributed by atoms with E-state index in [-0.39, 0.29) is 30.1 Å². The summed E-state index contributed by atoms with van der Waals surface area (Å²) in [5.41, 5.74) is -0.243. The number of benzene rings is 1. The van der Waals surface area contributed by atoms with E-state index in [0.717, 1.165) is 25.5 Å². The molecular weight excluding hydrogens is 274 g/mol.